The summed E-state index contributed by atoms with van der Waals surface area (Å²) in [5, 5.41) is 3.04. The van der Waals surface area contributed by atoms with Crippen molar-refractivity contribution in [1.82, 2.24) is 9.62 Å². The number of amides is 1. The van der Waals surface area contributed by atoms with Crippen LogP contribution in [0.3, 0.4) is 0 Å². The van der Waals surface area contributed by atoms with E-state index in [-0.39, 0.29) is 23.6 Å². The molecule has 1 aliphatic heterocycles. The second-order valence-corrected chi connectivity index (χ2v) is 9.43. The number of sulfonamides is 1. The number of rotatable bonds is 6. The van der Waals surface area contributed by atoms with Crippen LogP contribution in [0.2, 0.25) is 0 Å². The van der Waals surface area contributed by atoms with Crippen molar-refractivity contribution in [1.29, 1.82) is 0 Å². The van der Waals surface area contributed by atoms with E-state index >= 15 is 0 Å². The Balaban J connectivity index is 1.91. The maximum absolute atomic E-state index is 12.6. The van der Waals surface area contributed by atoms with Crippen LogP contribution in [-0.4, -0.2) is 37.8 Å². The van der Waals surface area contributed by atoms with Crippen molar-refractivity contribution in [2.24, 2.45) is 11.8 Å². The molecule has 5 nitrogen and oxygen atoms in total. The lowest BCUT2D eigenvalue weighted by molar-refractivity contribution is -0.127. The van der Waals surface area contributed by atoms with Gasteiger partial charge in [-0.2, -0.15) is 0 Å². The van der Waals surface area contributed by atoms with Crippen molar-refractivity contribution in [3.05, 3.63) is 35.4 Å². The SMILES string of the molecule is Cc1cccc(CS(=O)(=O)N2CCC(C(=O)N[C@H](C)C(C)C)CC2)c1. The van der Waals surface area contributed by atoms with Crippen molar-refractivity contribution < 1.29 is 13.2 Å². The molecule has 6 heteroatoms. The Kier molecular flexibility index (Phi) is 6.63. The predicted octanol–water partition coefficient (Wildman–Crippen LogP) is 2.70. The molecule has 0 saturated carbocycles. The molecule has 1 saturated heterocycles. The Bertz CT molecular complexity index is 692. The largest absolute Gasteiger partial charge is 0.353 e. The number of aryl methyl sites for hydroxylation is 1. The molecular formula is C19H30N2O3S. The fourth-order valence-electron chi connectivity index (χ4n) is 3.01. The van der Waals surface area contributed by atoms with Crippen molar-refractivity contribution >= 4 is 15.9 Å². The topological polar surface area (TPSA) is 66.5 Å². The van der Waals surface area contributed by atoms with E-state index in [9.17, 15) is 13.2 Å². The van der Waals surface area contributed by atoms with Gasteiger partial charge in [0.2, 0.25) is 15.9 Å². The second kappa shape index (κ2) is 8.32. The molecule has 0 unspecified atom stereocenters. The number of benzene rings is 1. The smallest absolute Gasteiger partial charge is 0.223 e. The number of carbonyl (C=O) groups is 1. The third-order valence-corrected chi connectivity index (χ3v) is 6.87. The van der Waals surface area contributed by atoms with Crippen molar-refractivity contribution in [3.63, 3.8) is 0 Å². The van der Waals surface area contributed by atoms with Gasteiger partial charge in [0.25, 0.3) is 0 Å². The zero-order chi connectivity index (χ0) is 18.6. The molecule has 1 aromatic rings. The minimum atomic E-state index is -3.34. The summed E-state index contributed by atoms with van der Waals surface area (Å²) >= 11 is 0. The van der Waals surface area contributed by atoms with Crippen LogP contribution in [0.15, 0.2) is 24.3 Å². The minimum Gasteiger partial charge on any atom is -0.353 e. The molecule has 0 aliphatic carbocycles. The molecular weight excluding hydrogens is 336 g/mol. The first-order valence-electron chi connectivity index (χ1n) is 9.03. The summed E-state index contributed by atoms with van der Waals surface area (Å²) in [7, 11) is -3.34. The Labute approximate surface area is 151 Å². The fraction of sp³-hybridized carbons (Fsp3) is 0.632. The number of carbonyl (C=O) groups excluding carboxylic acids is 1. The second-order valence-electron chi connectivity index (χ2n) is 7.46. The van der Waals surface area contributed by atoms with Gasteiger partial charge in [-0.15, -0.1) is 0 Å². The van der Waals surface area contributed by atoms with E-state index < -0.39 is 10.0 Å². The van der Waals surface area contributed by atoms with Gasteiger partial charge in [-0.05, 0) is 38.2 Å². The van der Waals surface area contributed by atoms with Crippen LogP contribution in [0, 0.1) is 18.8 Å². The van der Waals surface area contributed by atoms with Crippen LogP contribution in [0.1, 0.15) is 44.7 Å². The van der Waals surface area contributed by atoms with E-state index in [1.54, 1.807) is 0 Å². The molecule has 0 aromatic heterocycles. The summed E-state index contributed by atoms with van der Waals surface area (Å²) < 4.78 is 26.8. The van der Waals surface area contributed by atoms with Crippen LogP contribution >= 0.6 is 0 Å². The normalized spacial score (nSPS) is 18.3. The van der Waals surface area contributed by atoms with Gasteiger partial charge in [-0.25, -0.2) is 12.7 Å². The molecule has 1 aromatic carbocycles. The predicted molar refractivity (Wildman–Crippen MR) is 101 cm³/mol. The molecule has 0 spiro atoms. The highest BCUT2D eigenvalue weighted by atomic mass is 32.2. The fourth-order valence-corrected chi connectivity index (χ4v) is 4.56. The van der Waals surface area contributed by atoms with Gasteiger partial charge in [-0.3, -0.25) is 4.79 Å². The molecule has 25 heavy (non-hydrogen) atoms. The van der Waals surface area contributed by atoms with Crippen molar-refractivity contribution in [2.75, 3.05) is 13.1 Å². The molecule has 1 aliphatic rings. The Hall–Kier alpha value is -1.40. The third-order valence-electron chi connectivity index (χ3n) is 5.02. The number of hydrogen-bond donors (Lipinski definition) is 1. The highest BCUT2D eigenvalue weighted by Gasteiger charge is 2.31. The van der Waals surface area contributed by atoms with Crippen LogP contribution in [-0.2, 0) is 20.6 Å². The van der Waals surface area contributed by atoms with Gasteiger partial charge < -0.3 is 5.32 Å². The van der Waals surface area contributed by atoms with E-state index in [1.807, 2.05) is 38.1 Å². The quantitative estimate of drug-likeness (QED) is 0.842. The van der Waals surface area contributed by atoms with Gasteiger partial charge in [0.15, 0.2) is 0 Å². The average Bonchev–Trinajstić information content (AvgIpc) is 2.54. The van der Waals surface area contributed by atoms with Gasteiger partial charge in [0.05, 0.1) is 5.75 Å². The van der Waals surface area contributed by atoms with E-state index in [2.05, 4.69) is 19.2 Å². The lowest BCUT2D eigenvalue weighted by atomic mass is 9.96. The molecule has 2 rings (SSSR count). The summed E-state index contributed by atoms with van der Waals surface area (Å²) in [5.41, 5.74) is 1.87. The van der Waals surface area contributed by atoms with Gasteiger partial charge in [-0.1, -0.05) is 43.7 Å². The van der Waals surface area contributed by atoms with Crippen LogP contribution < -0.4 is 5.32 Å². The highest BCUT2D eigenvalue weighted by molar-refractivity contribution is 7.88. The highest BCUT2D eigenvalue weighted by Crippen LogP contribution is 2.22. The van der Waals surface area contributed by atoms with Crippen LogP contribution in [0.25, 0.3) is 0 Å². The first-order valence-corrected chi connectivity index (χ1v) is 10.6. The summed E-state index contributed by atoms with van der Waals surface area (Å²) in [6, 6.07) is 7.73. The van der Waals surface area contributed by atoms with E-state index in [1.165, 1.54) is 4.31 Å². The Morgan fingerprint density at radius 3 is 2.44 bits per heavy atom. The summed E-state index contributed by atoms with van der Waals surface area (Å²) in [5.74, 6) is 0.373. The molecule has 140 valence electrons. The van der Waals surface area contributed by atoms with E-state index in [4.69, 9.17) is 0 Å². The molecule has 1 amide bonds. The summed E-state index contributed by atoms with van der Waals surface area (Å²) in [6.07, 6.45) is 1.17. The van der Waals surface area contributed by atoms with Gasteiger partial charge in [0.1, 0.15) is 0 Å². The lowest BCUT2D eigenvalue weighted by Crippen LogP contribution is -2.46. The Morgan fingerprint density at radius 1 is 1.24 bits per heavy atom. The van der Waals surface area contributed by atoms with Crippen molar-refractivity contribution in [2.45, 2.75) is 52.3 Å². The van der Waals surface area contributed by atoms with E-state index in [0.29, 0.717) is 31.8 Å². The van der Waals surface area contributed by atoms with Gasteiger partial charge >= 0.3 is 0 Å². The standard InChI is InChI=1S/C19H30N2O3S/c1-14(2)16(4)20-19(22)18-8-10-21(11-9-18)25(23,24)13-17-7-5-6-15(3)12-17/h5-7,12,14,16,18H,8-11,13H2,1-4H3,(H,20,22)/t16-/m1/s1. The number of piperidine rings is 1. The monoisotopic (exact) mass is 366 g/mol. The van der Waals surface area contributed by atoms with Crippen LogP contribution in [0.5, 0.6) is 0 Å². The zero-order valence-corrected chi connectivity index (χ0v) is 16.5. The molecule has 1 fully saturated rings. The zero-order valence-electron chi connectivity index (χ0n) is 15.7. The van der Waals surface area contributed by atoms with Gasteiger partial charge in [0, 0.05) is 25.0 Å². The molecule has 1 heterocycles. The van der Waals surface area contributed by atoms with E-state index in [0.717, 1.165) is 11.1 Å². The maximum Gasteiger partial charge on any atom is 0.223 e. The number of nitrogens with zero attached hydrogens (tertiary/aromatic N) is 1. The minimum absolute atomic E-state index is 0.0237. The van der Waals surface area contributed by atoms with Crippen LogP contribution in [0.4, 0.5) is 0 Å². The molecule has 1 atom stereocenters. The average molecular weight is 367 g/mol. The Morgan fingerprint density at radius 2 is 1.88 bits per heavy atom. The first kappa shape index (κ1) is 19.9. The third kappa shape index (κ3) is 5.54. The summed E-state index contributed by atoms with van der Waals surface area (Å²) in [6.45, 7) is 8.95. The molecule has 0 radical (unpaired) electrons. The molecule has 1 N–H and O–H groups in total. The van der Waals surface area contributed by atoms with Crippen molar-refractivity contribution in [3.8, 4) is 0 Å². The molecule has 0 bridgehead atoms. The number of nitrogens with one attached hydrogen (secondary N) is 1. The number of hydrogen-bond acceptors (Lipinski definition) is 3. The summed E-state index contributed by atoms with van der Waals surface area (Å²) in [4.78, 5) is 12.3. The first-order chi connectivity index (χ1) is 11.7. The lowest BCUT2D eigenvalue weighted by Gasteiger charge is -2.31. The maximum atomic E-state index is 12.6.